The fourth-order valence-corrected chi connectivity index (χ4v) is 4.10. The lowest BCUT2D eigenvalue weighted by Gasteiger charge is -2.22. The first kappa shape index (κ1) is 23.6. The van der Waals surface area contributed by atoms with Crippen molar-refractivity contribution in [3.8, 4) is 0 Å². The summed E-state index contributed by atoms with van der Waals surface area (Å²) in [5.74, 6) is -0.917. The number of benzene rings is 2. The molecule has 0 radical (unpaired) electrons. The molecule has 162 valence electrons. The molecular weight excluding hydrogens is 402 g/mol. The van der Waals surface area contributed by atoms with Gasteiger partial charge in [0.25, 0.3) is 5.91 Å². The third-order valence-electron chi connectivity index (χ3n) is 4.84. The van der Waals surface area contributed by atoms with Crippen LogP contribution in [0.2, 0.25) is 0 Å². The van der Waals surface area contributed by atoms with Gasteiger partial charge in [-0.3, -0.25) is 9.59 Å². The maximum absolute atomic E-state index is 12.9. The van der Waals surface area contributed by atoms with E-state index < -0.39 is 22.0 Å². The van der Waals surface area contributed by atoms with Gasteiger partial charge in [0.2, 0.25) is 15.9 Å². The van der Waals surface area contributed by atoms with Gasteiger partial charge in [0.1, 0.15) is 6.04 Å². The molecular formula is C22H29N3O4S. The van der Waals surface area contributed by atoms with Crippen molar-refractivity contribution >= 4 is 27.5 Å². The second kappa shape index (κ2) is 9.40. The van der Waals surface area contributed by atoms with Crippen LogP contribution in [0.15, 0.2) is 47.4 Å². The number of hydrogen-bond donors (Lipinski definition) is 2. The third-order valence-corrected chi connectivity index (χ3v) is 6.80. The van der Waals surface area contributed by atoms with Gasteiger partial charge >= 0.3 is 0 Å². The highest BCUT2D eigenvalue weighted by atomic mass is 32.2. The van der Waals surface area contributed by atoms with Gasteiger partial charge in [-0.2, -0.15) is 0 Å². The molecule has 8 heteroatoms. The molecule has 0 spiro atoms. The molecule has 2 rings (SSSR count). The van der Waals surface area contributed by atoms with Crippen molar-refractivity contribution < 1.29 is 18.0 Å². The Morgan fingerprint density at radius 3 is 2.17 bits per heavy atom. The van der Waals surface area contributed by atoms with E-state index in [0.717, 1.165) is 9.87 Å². The first-order chi connectivity index (χ1) is 13.9. The molecule has 7 nitrogen and oxygen atoms in total. The number of carbonyl (C=O) groups excluding carboxylic acids is 2. The van der Waals surface area contributed by atoms with Crippen molar-refractivity contribution in [2.24, 2.45) is 5.92 Å². The van der Waals surface area contributed by atoms with Crippen molar-refractivity contribution in [2.45, 2.75) is 38.6 Å². The molecule has 2 N–H and O–H groups in total. The minimum atomic E-state index is -3.65. The maximum atomic E-state index is 12.9. The SMILES string of the molecule is Cc1ccccc1C(=O)NC(C(=O)Nc1ccc(C)c(S(=O)(=O)N(C)C)c1)C(C)C. The Kier molecular flexibility index (Phi) is 7.39. The minimum absolute atomic E-state index is 0.121. The zero-order valence-corrected chi connectivity index (χ0v) is 19.0. The highest BCUT2D eigenvalue weighted by Crippen LogP contribution is 2.23. The average molecular weight is 432 g/mol. The maximum Gasteiger partial charge on any atom is 0.252 e. The van der Waals surface area contributed by atoms with Gasteiger partial charge in [0.15, 0.2) is 0 Å². The fourth-order valence-electron chi connectivity index (χ4n) is 2.95. The summed E-state index contributed by atoms with van der Waals surface area (Å²) >= 11 is 0. The van der Waals surface area contributed by atoms with Gasteiger partial charge in [0.05, 0.1) is 4.90 Å². The molecule has 0 aliphatic rings. The van der Waals surface area contributed by atoms with Crippen molar-refractivity contribution in [2.75, 3.05) is 19.4 Å². The lowest BCUT2D eigenvalue weighted by atomic mass is 10.0. The van der Waals surface area contributed by atoms with E-state index in [1.165, 1.54) is 20.2 Å². The molecule has 1 unspecified atom stereocenters. The summed E-state index contributed by atoms with van der Waals surface area (Å²) in [7, 11) is -0.741. The van der Waals surface area contributed by atoms with Crippen molar-refractivity contribution in [3.63, 3.8) is 0 Å². The normalized spacial score (nSPS) is 12.7. The second-order valence-electron chi connectivity index (χ2n) is 7.77. The summed E-state index contributed by atoms with van der Waals surface area (Å²) < 4.78 is 26.2. The first-order valence-corrected chi connectivity index (χ1v) is 11.1. The highest BCUT2D eigenvalue weighted by Gasteiger charge is 2.26. The van der Waals surface area contributed by atoms with Crippen molar-refractivity contribution in [1.82, 2.24) is 9.62 Å². The number of hydrogen-bond acceptors (Lipinski definition) is 4. The van der Waals surface area contributed by atoms with E-state index in [1.54, 1.807) is 31.2 Å². The quantitative estimate of drug-likeness (QED) is 0.705. The first-order valence-electron chi connectivity index (χ1n) is 9.65. The molecule has 0 bridgehead atoms. The monoisotopic (exact) mass is 431 g/mol. The smallest absolute Gasteiger partial charge is 0.252 e. The molecule has 0 saturated heterocycles. The van der Waals surface area contributed by atoms with Crippen LogP contribution in [0.3, 0.4) is 0 Å². The van der Waals surface area contributed by atoms with E-state index in [9.17, 15) is 18.0 Å². The molecule has 2 aromatic carbocycles. The summed E-state index contributed by atoms with van der Waals surface area (Å²) in [5, 5.41) is 5.53. The molecule has 2 aromatic rings. The largest absolute Gasteiger partial charge is 0.340 e. The molecule has 0 fully saturated rings. The number of amides is 2. The topological polar surface area (TPSA) is 95.6 Å². The van der Waals surface area contributed by atoms with Crippen LogP contribution < -0.4 is 10.6 Å². The van der Waals surface area contributed by atoms with E-state index in [-0.39, 0.29) is 16.7 Å². The fraction of sp³-hybridized carbons (Fsp3) is 0.364. The number of nitrogens with zero attached hydrogens (tertiary/aromatic N) is 1. The van der Waals surface area contributed by atoms with Crippen LogP contribution >= 0.6 is 0 Å². The molecule has 0 aliphatic carbocycles. The third kappa shape index (κ3) is 5.25. The molecule has 0 heterocycles. The van der Waals surface area contributed by atoms with Gasteiger partial charge < -0.3 is 10.6 Å². The highest BCUT2D eigenvalue weighted by molar-refractivity contribution is 7.89. The number of nitrogens with one attached hydrogen (secondary N) is 2. The van der Waals surface area contributed by atoms with Crippen LogP contribution in [0.4, 0.5) is 5.69 Å². The van der Waals surface area contributed by atoms with E-state index in [0.29, 0.717) is 16.8 Å². The lowest BCUT2D eigenvalue weighted by molar-refractivity contribution is -0.118. The van der Waals surface area contributed by atoms with Crippen molar-refractivity contribution in [1.29, 1.82) is 0 Å². The zero-order valence-electron chi connectivity index (χ0n) is 18.2. The van der Waals surface area contributed by atoms with E-state index in [4.69, 9.17) is 0 Å². The van der Waals surface area contributed by atoms with Gasteiger partial charge in [-0.05, 0) is 49.1 Å². The summed E-state index contributed by atoms with van der Waals surface area (Å²) in [6, 6.07) is 11.1. The molecule has 30 heavy (non-hydrogen) atoms. The Bertz CT molecular complexity index is 1050. The summed E-state index contributed by atoms with van der Waals surface area (Å²) in [4.78, 5) is 25.7. The lowest BCUT2D eigenvalue weighted by Crippen LogP contribution is -2.47. The molecule has 2 amide bonds. The molecule has 0 saturated carbocycles. The Morgan fingerprint density at radius 1 is 0.967 bits per heavy atom. The van der Waals surface area contributed by atoms with E-state index >= 15 is 0 Å². The number of sulfonamides is 1. The molecule has 1 atom stereocenters. The summed E-state index contributed by atoms with van der Waals surface area (Å²) in [6.45, 7) is 7.19. The Morgan fingerprint density at radius 2 is 1.60 bits per heavy atom. The number of anilines is 1. The van der Waals surface area contributed by atoms with Gasteiger partial charge in [-0.15, -0.1) is 0 Å². The predicted octanol–water partition coefficient (Wildman–Crippen LogP) is 2.95. The minimum Gasteiger partial charge on any atom is -0.340 e. The Balaban J connectivity index is 2.26. The predicted molar refractivity (Wildman–Crippen MR) is 118 cm³/mol. The molecule has 0 aromatic heterocycles. The number of rotatable bonds is 7. The molecule has 0 aliphatic heterocycles. The van der Waals surface area contributed by atoms with Crippen LogP contribution in [0.1, 0.15) is 35.3 Å². The zero-order chi connectivity index (χ0) is 22.6. The number of carbonyl (C=O) groups is 2. The van der Waals surface area contributed by atoms with Gasteiger partial charge in [-0.25, -0.2) is 12.7 Å². The van der Waals surface area contributed by atoms with Gasteiger partial charge in [0, 0.05) is 25.3 Å². The van der Waals surface area contributed by atoms with E-state index in [2.05, 4.69) is 10.6 Å². The van der Waals surface area contributed by atoms with Crippen molar-refractivity contribution in [3.05, 3.63) is 59.2 Å². The van der Waals surface area contributed by atoms with Crippen LogP contribution in [0.25, 0.3) is 0 Å². The average Bonchev–Trinajstić information content (AvgIpc) is 2.67. The van der Waals surface area contributed by atoms with Crippen LogP contribution in [-0.2, 0) is 14.8 Å². The van der Waals surface area contributed by atoms with Crippen LogP contribution in [-0.4, -0.2) is 44.7 Å². The van der Waals surface area contributed by atoms with Crippen LogP contribution in [0.5, 0.6) is 0 Å². The number of aryl methyl sites for hydroxylation is 2. The standard InChI is InChI=1S/C22H29N3O4S/c1-14(2)20(24-21(26)18-10-8-7-9-15(18)3)22(27)23-17-12-11-16(4)19(13-17)30(28,29)25(5)6/h7-14,20H,1-6H3,(H,23,27)(H,24,26). The van der Waals surface area contributed by atoms with Gasteiger partial charge in [-0.1, -0.05) is 38.1 Å². The van der Waals surface area contributed by atoms with Crippen LogP contribution in [0, 0.1) is 19.8 Å². The summed E-state index contributed by atoms with van der Waals surface area (Å²) in [6.07, 6.45) is 0. The Labute approximate surface area is 178 Å². The summed E-state index contributed by atoms with van der Waals surface area (Å²) in [5.41, 5.74) is 2.25. The Hall–Kier alpha value is -2.71. The van der Waals surface area contributed by atoms with E-state index in [1.807, 2.05) is 32.9 Å². The second-order valence-corrected chi connectivity index (χ2v) is 9.89.